The molecule has 0 N–H and O–H groups in total. The van der Waals surface area contributed by atoms with Crippen molar-refractivity contribution in [3.8, 4) is 0 Å². The molecule has 1 fully saturated rings. The molecule has 1 aliphatic heterocycles. The Morgan fingerprint density at radius 2 is 2.00 bits per heavy atom. The molecule has 3 aromatic rings. The lowest BCUT2D eigenvalue weighted by atomic mass is 9.98. The van der Waals surface area contributed by atoms with Crippen molar-refractivity contribution in [3.05, 3.63) is 59.9 Å². The van der Waals surface area contributed by atoms with Crippen LogP contribution in [0.25, 0.3) is 5.78 Å². The van der Waals surface area contributed by atoms with Crippen molar-refractivity contribution in [1.29, 1.82) is 0 Å². The SMILES string of the molecule is O=C(Cc1ccc(F)cc1)N1CCCC[C@@H]1c1ccnc2ncnn12. The number of hydrogen-bond donors (Lipinski definition) is 0. The molecule has 0 aliphatic carbocycles. The number of carbonyl (C=O) groups excluding carboxylic acids is 1. The number of amides is 1. The Morgan fingerprint density at radius 3 is 2.84 bits per heavy atom. The highest BCUT2D eigenvalue weighted by molar-refractivity contribution is 5.79. The summed E-state index contributed by atoms with van der Waals surface area (Å²) in [6.07, 6.45) is 6.37. The van der Waals surface area contributed by atoms with E-state index in [0.717, 1.165) is 30.5 Å². The van der Waals surface area contributed by atoms with Crippen molar-refractivity contribution >= 4 is 11.7 Å². The minimum atomic E-state index is -0.294. The molecule has 3 heterocycles. The lowest BCUT2D eigenvalue weighted by Gasteiger charge is -2.36. The lowest BCUT2D eigenvalue weighted by Crippen LogP contribution is -2.40. The third-order valence-electron chi connectivity index (χ3n) is 4.64. The number of hydrogen-bond acceptors (Lipinski definition) is 4. The van der Waals surface area contributed by atoms with Crippen LogP contribution >= 0.6 is 0 Å². The first kappa shape index (κ1) is 15.7. The van der Waals surface area contributed by atoms with E-state index in [1.54, 1.807) is 22.8 Å². The number of halogens is 1. The molecule has 7 heteroatoms. The van der Waals surface area contributed by atoms with Gasteiger partial charge >= 0.3 is 0 Å². The molecule has 0 bridgehead atoms. The van der Waals surface area contributed by atoms with Gasteiger partial charge in [-0.3, -0.25) is 4.79 Å². The van der Waals surface area contributed by atoms with Crippen molar-refractivity contribution in [1.82, 2.24) is 24.5 Å². The lowest BCUT2D eigenvalue weighted by molar-refractivity contribution is -0.134. The Labute approximate surface area is 144 Å². The van der Waals surface area contributed by atoms with Crippen LogP contribution in [0.2, 0.25) is 0 Å². The second kappa shape index (κ2) is 6.58. The molecular weight excluding hydrogens is 321 g/mol. The highest BCUT2D eigenvalue weighted by Crippen LogP contribution is 2.31. The second-order valence-corrected chi connectivity index (χ2v) is 6.24. The Kier molecular flexibility index (Phi) is 4.13. The molecular formula is C18H18FN5O. The summed E-state index contributed by atoms with van der Waals surface area (Å²) in [5.41, 5.74) is 1.74. The van der Waals surface area contributed by atoms with Gasteiger partial charge < -0.3 is 4.90 Å². The largest absolute Gasteiger partial charge is 0.334 e. The average molecular weight is 339 g/mol. The van der Waals surface area contributed by atoms with Crippen LogP contribution in [0.5, 0.6) is 0 Å². The van der Waals surface area contributed by atoms with Crippen LogP contribution in [-0.4, -0.2) is 36.9 Å². The zero-order valence-electron chi connectivity index (χ0n) is 13.7. The molecule has 1 saturated heterocycles. The molecule has 1 atom stereocenters. The quantitative estimate of drug-likeness (QED) is 0.736. The zero-order valence-corrected chi connectivity index (χ0v) is 13.7. The Bertz CT molecular complexity index is 892. The molecule has 1 amide bonds. The first-order valence-corrected chi connectivity index (χ1v) is 8.41. The Morgan fingerprint density at radius 1 is 1.16 bits per heavy atom. The fourth-order valence-corrected chi connectivity index (χ4v) is 3.42. The number of carbonyl (C=O) groups is 1. The van der Waals surface area contributed by atoms with Gasteiger partial charge in [0.2, 0.25) is 5.91 Å². The van der Waals surface area contributed by atoms with Gasteiger partial charge in [-0.25, -0.2) is 9.37 Å². The summed E-state index contributed by atoms with van der Waals surface area (Å²) < 4.78 is 14.8. The standard InChI is InChI=1S/C18H18FN5O/c19-14-6-4-13(5-7-14)11-17(25)23-10-2-1-3-15(23)16-8-9-20-18-21-12-22-24(16)18/h4-9,12,15H,1-3,10-11H2/t15-/m1/s1. The average Bonchev–Trinajstić information content (AvgIpc) is 3.12. The fourth-order valence-electron chi connectivity index (χ4n) is 3.42. The highest BCUT2D eigenvalue weighted by atomic mass is 19.1. The third-order valence-corrected chi connectivity index (χ3v) is 4.64. The summed E-state index contributed by atoms with van der Waals surface area (Å²) in [7, 11) is 0. The van der Waals surface area contributed by atoms with Gasteiger partial charge in [0.05, 0.1) is 18.2 Å². The van der Waals surface area contributed by atoms with Crippen LogP contribution < -0.4 is 0 Å². The monoisotopic (exact) mass is 339 g/mol. The first-order valence-electron chi connectivity index (χ1n) is 8.41. The molecule has 0 spiro atoms. The molecule has 1 aromatic carbocycles. The summed E-state index contributed by atoms with van der Waals surface area (Å²) in [5, 5.41) is 4.24. The molecule has 4 rings (SSSR count). The third kappa shape index (κ3) is 3.09. The zero-order chi connectivity index (χ0) is 17.2. The van der Waals surface area contributed by atoms with E-state index in [9.17, 15) is 9.18 Å². The van der Waals surface area contributed by atoms with E-state index in [2.05, 4.69) is 15.1 Å². The number of rotatable bonds is 3. The van der Waals surface area contributed by atoms with E-state index in [-0.39, 0.29) is 24.2 Å². The van der Waals surface area contributed by atoms with Crippen molar-refractivity contribution in [2.75, 3.05) is 6.54 Å². The highest BCUT2D eigenvalue weighted by Gasteiger charge is 2.30. The van der Waals surface area contributed by atoms with Crippen molar-refractivity contribution in [2.45, 2.75) is 31.7 Å². The van der Waals surface area contributed by atoms with Gasteiger partial charge in [-0.15, -0.1) is 0 Å². The predicted octanol–water partition coefficient (Wildman–Crippen LogP) is 2.56. The van der Waals surface area contributed by atoms with Gasteiger partial charge in [-0.05, 0) is 43.0 Å². The maximum Gasteiger partial charge on any atom is 0.252 e. The number of piperidine rings is 1. The van der Waals surface area contributed by atoms with Crippen LogP contribution in [0.15, 0.2) is 42.9 Å². The molecule has 0 radical (unpaired) electrons. The Hall–Kier alpha value is -2.83. The summed E-state index contributed by atoms with van der Waals surface area (Å²) in [6.45, 7) is 0.712. The number of nitrogens with zero attached hydrogens (tertiary/aromatic N) is 5. The normalized spacial score (nSPS) is 17.8. The minimum Gasteiger partial charge on any atom is -0.334 e. The smallest absolute Gasteiger partial charge is 0.252 e. The summed E-state index contributed by atoms with van der Waals surface area (Å²) >= 11 is 0. The van der Waals surface area contributed by atoms with Gasteiger partial charge in [0.25, 0.3) is 5.78 Å². The van der Waals surface area contributed by atoms with Crippen LogP contribution in [0.1, 0.15) is 36.6 Å². The summed E-state index contributed by atoms with van der Waals surface area (Å²) in [5.74, 6) is 0.285. The minimum absolute atomic E-state index is 0.0429. The molecule has 128 valence electrons. The Balaban J connectivity index is 1.61. The van der Waals surface area contributed by atoms with Crippen LogP contribution in [0.4, 0.5) is 4.39 Å². The molecule has 1 aliphatic rings. The van der Waals surface area contributed by atoms with Gasteiger partial charge in [0, 0.05) is 12.7 Å². The number of aromatic nitrogens is 4. The number of fused-ring (bicyclic) bond motifs is 1. The maximum absolute atomic E-state index is 13.1. The first-order chi connectivity index (χ1) is 12.2. The van der Waals surface area contributed by atoms with E-state index in [4.69, 9.17) is 0 Å². The van der Waals surface area contributed by atoms with Crippen molar-refractivity contribution in [2.24, 2.45) is 0 Å². The summed E-state index contributed by atoms with van der Waals surface area (Å²) in [4.78, 5) is 23.1. The molecule has 0 unspecified atom stereocenters. The van der Waals surface area contributed by atoms with Gasteiger partial charge in [0.15, 0.2) is 0 Å². The van der Waals surface area contributed by atoms with E-state index < -0.39 is 0 Å². The topological polar surface area (TPSA) is 63.4 Å². The molecule has 2 aromatic heterocycles. The van der Waals surface area contributed by atoms with Gasteiger partial charge in [-0.2, -0.15) is 14.6 Å². The second-order valence-electron chi connectivity index (χ2n) is 6.24. The van der Waals surface area contributed by atoms with E-state index >= 15 is 0 Å². The van der Waals surface area contributed by atoms with Crippen molar-refractivity contribution in [3.63, 3.8) is 0 Å². The van der Waals surface area contributed by atoms with E-state index in [0.29, 0.717) is 12.3 Å². The predicted molar refractivity (Wildman–Crippen MR) is 89.2 cm³/mol. The van der Waals surface area contributed by atoms with Crippen molar-refractivity contribution < 1.29 is 9.18 Å². The molecule has 25 heavy (non-hydrogen) atoms. The van der Waals surface area contributed by atoms with Gasteiger partial charge in [-0.1, -0.05) is 12.1 Å². The number of likely N-dealkylation sites (tertiary alicyclic amines) is 1. The molecule has 0 saturated carbocycles. The van der Waals surface area contributed by atoms with E-state index in [1.165, 1.54) is 18.5 Å². The van der Waals surface area contributed by atoms with Crippen LogP contribution in [-0.2, 0) is 11.2 Å². The van der Waals surface area contributed by atoms with Crippen LogP contribution in [0, 0.1) is 5.82 Å². The summed E-state index contributed by atoms with van der Waals surface area (Å²) in [6, 6.07) is 7.95. The van der Waals surface area contributed by atoms with Gasteiger partial charge in [0.1, 0.15) is 12.1 Å². The van der Waals surface area contributed by atoms with E-state index in [1.807, 2.05) is 11.0 Å². The van der Waals surface area contributed by atoms with Crippen LogP contribution in [0.3, 0.4) is 0 Å². The molecule has 6 nitrogen and oxygen atoms in total. The number of benzene rings is 1. The maximum atomic E-state index is 13.1. The fraction of sp³-hybridized carbons (Fsp3) is 0.333.